The Morgan fingerprint density at radius 2 is 2.46 bits per heavy atom. The lowest BCUT2D eigenvalue weighted by molar-refractivity contribution is -0.138. The van der Waals surface area contributed by atoms with Gasteiger partial charge in [-0.05, 0) is 6.92 Å². The summed E-state index contributed by atoms with van der Waals surface area (Å²) in [4.78, 5) is 23.9. The number of hydrogen-bond donors (Lipinski definition) is 2. The highest BCUT2D eigenvalue weighted by atomic mass is 16.2. The summed E-state index contributed by atoms with van der Waals surface area (Å²) in [6.45, 7) is 3.09. The van der Waals surface area contributed by atoms with Gasteiger partial charge in [0.05, 0.1) is 6.54 Å². The molecule has 0 aliphatic carbocycles. The van der Waals surface area contributed by atoms with E-state index in [1.807, 2.05) is 0 Å². The predicted molar refractivity (Wildman–Crippen MR) is 47.9 cm³/mol. The van der Waals surface area contributed by atoms with E-state index < -0.39 is 0 Å². The van der Waals surface area contributed by atoms with Gasteiger partial charge in [0.25, 0.3) is 0 Å². The van der Waals surface area contributed by atoms with Crippen molar-refractivity contribution < 1.29 is 9.59 Å². The van der Waals surface area contributed by atoms with E-state index in [4.69, 9.17) is 5.73 Å². The predicted octanol–water partition coefficient (Wildman–Crippen LogP) is -1.32. The average molecular weight is 185 g/mol. The van der Waals surface area contributed by atoms with E-state index in [1.54, 1.807) is 11.8 Å². The summed E-state index contributed by atoms with van der Waals surface area (Å²) in [6.07, 6.45) is 0.313. The number of amides is 2. The highest BCUT2D eigenvalue weighted by molar-refractivity contribution is 5.86. The Kier molecular flexibility index (Phi) is 3.25. The second-order valence-electron chi connectivity index (χ2n) is 3.35. The number of nitrogens with two attached hydrogens (primary N) is 1. The van der Waals surface area contributed by atoms with Crippen molar-refractivity contribution in [3.63, 3.8) is 0 Å². The standard InChI is InChI=1S/C8H15N3O2/c1-6(9)4-8(13)11-3-2-10-7(12)5-11/h6H,2-5,9H2,1H3,(H,10,12). The van der Waals surface area contributed by atoms with Gasteiger partial charge < -0.3 is 16.0 Å². The summed E-state index contributed by atoms with van der Waals surface area (Å²) in [5, 5.41) is 2.66. The smallest absolute Gasteiger partial charge is 0.239 e. The third-order valence-electron chi connectivity index (χ3n) is 1.89. The fourth-order valence-corrected chi connectivity index (χ4v) is 1.26. The molecule has 0 saturated carbocycles. The summed E-state index contributed by atoms with van der Waals surface area (Å²) in [5.74, 6) is -0.130. The molecule has 0 aromatic rings. The molecule has 3 N–H and O–H groups in total. The SMILES string of the molecule is CC(N)CC(=O)N1CCNC(=O)C1. The van der Waals surface area contributed by atoms with Crippen LogP contribution in [0.2, 0.25) is 0 Å². The van der Waals surface area contributed by atoms with Gasteiger partial charge in [0.2, 0.25) is 11.8 Å². The van der Waals surface area contributed by atoms with Crippen molar-refractivity contribution in [2.24, 2.45) is 5.73 Å². The third-order valence-corrected chi connectivity index (χ3v) is 1.89. The minimum atomic E-state index is -0.141. The molecule has 0 spiro atoms. The highest BCUT2D eigenvalue weighted by Crippen LogP contribution is 1.99. The summed E-state index contributed by atoms with van der Waals surface area (Å²) in [5.41, 5.74) is 5.49. The molecule has 1 aliphatic heterocycles. The van der Waals surface area contributed by atoms with Gasteiger partial charge in [0.15, 0.2) is 0 Å². The monoisotopic (exact) mass is 185 g/mol. The first-order valence-electron chi connectivity index (χ1n) is 4.39. The van der Waals surface area contributed by atoms with Crippen molar-refractivity contribution in [2.45, 2.75) is 19.4 Å². The van der Waals surface area contributed by atoms with Crippen LogP contribution < -0.4 is 11.1 Å². The Bertz CT molecular complexity index is 215. The van der Waals surface area contributed by atoms with Crippen LogP contribution >= 0.6 is 0 Å². The minimum absolute atomic E-state index is 0.0372. The summed E-state index contributed by atoms with van der Waals surface area (Å²) in [7, 11) is 0. The summed E-state index contributed by atoms with van der Waals surface area (Å²) >= 11 is 0. The van der Waals surface area contributed by atoms with Crippen molar-refractivity contribution in [2.75, 3.05) is 19.6 Å². The number of nitrogens with one attached hydrogen (secondary N) is 1. The van der Waals surface area contributed by atoms with Crippen LogP contribution in [-0.4, -0.2) is 42.4 Å². The molecule has 74 valence electrons. The first-order chi connectivity index (χ1) is 6.09. The molecule has 2 amide bonds. The first-order valence-corrected chi connectivity index (χ1v) is 4.39. The Morgan fingerprint density at radius 1 is 1.77 bits per heavy atom. The first kappa shape index (κ1) is 9.98. The van der Waals surface area contributed by atoms with Crippen molar-refractivity contribution >= 4 is 11.8 Å². The number of hydrogen-bond acceptors (Lipinski definition) is 3. The zero-order valence-corrected chi connectivity index (χ0v) is 7.75. The van der Waals surface area contributed by atoms with Crippen LogP contribution in [0.3, 0.4) is 0 Å². The van der Waals surface area contributed by atoms with Crippen LogP contribution in [0.5, 0.6) is 0 Å². The second-order valence-corrected chi connectivity index (χ2v) is 3.35. The van der Waals surface area contributed by atoms with Crippen molar-refractivity contribution in [3.8, 4) is 0 Å². The van der Waals surface area contributed by atoms with E-state index in [1.165, 1.54) is 0 Å². The maximum atomic E-state index is 11.4. The van der Waals surface area contributed by atoms with Gasteiger partial charge in [-0.2, -0.15) is 0 Å². The van der Waals surface area contributed by atoms with E-state index in [2.05, 4.69) is 5.32 Å². The molecule has 1 unspecified atom stereocenters. The molecule has 1 heterocycles. The lowest BCUT2D eigenvalue weighted by atomic mass is 10.2. The highest BCUT2D eigenvalue weighted by Gasteiger charge is 2.21. The lowest BCUT2D eigenvalue weighted by Gasteiger charge is -2.27. The lowest BCUT2D eigenvalue weighted by Crippen LogP contribution is -2.50. The van der Waals surface area contributed by atoms with Gasteiger partial charge in [0.1, 0.15) is 0 Å². The quantitative estimate of drug-likeness (QED) is 0.560. The molecule has 5 heteroatoms. The van der Waals surface area contributed by atoms with Crippen molar-refractivity contribution in [3.05, 3.63) is 0 Å². The number of rotatable bonds is 2. The molecule has 1 rings (SSSR count). The second kappa shape index (κ2) is 4.23. The summed E-state index contributed by atoms with van der Waals surface area (Å²) < 4.78 is 0. The van der Waals surface area contributed by atoms with Crippen LogP contribution in [0.15, 0.2) is 0 Å². The normalized spacial score (nSPS) is 19.5. The third kappa shape index (κ3) is 3.02. The number of carbonyl (C=O) groups excluding carboxylic acids is 2. The van der Waals surface area contributed by atoms with Gasteiger partial charge in [-0.15, -0.1) is 0 Å². The van der Waals surface area contributed by atoms with Gasteiger partial charge >= 0.3 is 0 Å². The van der Waals surface area contributed by atoms with E-state index >= 15 is 0 Å². The van der Waals surface area contributed by atoms with Crippen LogP contribution in [0.4, 0.5) is 0 Å². The molecule has 1 fully saturated rings. The van der Waals surface area contributed by atoms with Gasteiger partial charge in [-0.25, -0.2) is 0 Å². The van der Waals surface area contributed by atoms with Crippen LogP contribution in [-0.2, 0) is 9.59 Å². The minimum Gasteiger partial charge on any atom is -0.353 e. The maximum Gasteiger partial charge on any atom is 0.239 e. The van der Waals surface area contributed by atoms with E-state index in [9.17, 15) is 9.59 Å². The Hall–Kier alpha value is -1.10. The molecular weight excluding hydrogens is 170 g/mol. The zero-order chi connectivity index (χ0) is 9.84. The van der Waals surface area contributed by atoms with Gasteiger partial charge in [-0.1, -0.05) is 0 Å². The van der Waals surface area contributed by atoms with Gasteiger partial charge in [-0.3, -0.25) is 9.59 Å². The Balaban J connectivity index is 2.41. The number of nitrogens with zero attached hydrogens (tertiary/aromatic N) is 1. The Labute approximate surface area is 77.3 Å². The fourth-order valence-electron chi connectivity index (χ4n) is 1.26. The van der Waals surface area contributed by atoms with Crippen LogP contribution in [0, 0.1) is 0 Å². The molecule has 1 saturated heterocycles. The van der Waals surface area contributed by atoms with E-state index in [0.717, 1.165) is 0 Å². The fraction of sp³-hybridized carbons (Fsp3) is 0.750. The van der Waals surface area contributed by atoms with Gasteiger partial charge in [0, 0.05) is 25.6 Å². The maximum absolute atomic E-state index is 11.4. The van der Waals surface area contributed by atoms with Crippen molar-refractivity contribution in [1.29, 1.82) is 0 Å². The molecule has 13 heavy (non-hydrogen) atoms. The van der Waals surface area contributed by atoms with Crippen molar-refractivity contribution in [1.82, 2.24) is 10.2 Å². The molecule has 0 bridgehead atoms. The molecule has 0 aromatic heterocycles. The molecular formula is C8H15N3O2. The zero-order valence-electron chi connectivity index (χ0n) is 7.75. The van der Waals surface area contributed by atoms with Crippen LogP contribution in [0.25, 0.3) is 0 Å². The molecule has 0 aromatic carbocycles. The molecule has 5 nitrogen and oxygen atoms in total. The van der Waals surface area contributed by atoms with Crippen LogP contribution in [0.1, 0.15) is 13.3 Å². The molecule has 1 aliphatic rings. The number of piperazine rings is 1. The summed E-state index contributed by atoms with van der Waals surface area (Å²) in [6, 6.07) is -0.141. The Morgan fingerprint density at radius 3 is 3.00 bits per heavy atom. The topological polar surface area (TPSA) is 75.4 Å². The molecule has 1 atom stereocenters. The molecule has 0 radical (unpaired) electrons. The largest absolute Gasteiger partial charge is 0.353 e. The van der Waals surface area contributed by atoms with E-state index in [-0.39, 0.29) is 24.4 Å². The van der Waals surface area contributed by atoms with E-state index in [0.29, 0.717) is 19.5 Å². The number of carbonyl (C=O) groups is 2. The average Bonchev–Trinajstić information content (AvgIpc) is 2.03.